The molecule has 70 heavy (non-hydrogen) atoms. The minimum Gasteiger partial charge on any atom is -0.458 e. The Bertz CT molecular complexity index is 4750. The van der Waals surface area contributed by atoms with Gasteiger partial charge in [-0.1, -0.05) is 190 Å². The molecule has 5 nitrogen and oxygen atoms in total. The summed E-state index contributed by atoms with van der Waals surface area (Å²) in [5.74, 6) is 0.873. The SMILES string of the molecule is [2H]c1c([2H])c([2H])c(-c2cnc(-n3c4ccccc4c4ccc(Oc5cccc(-n6[c-][n+](-c7c(-c8c([2H])c([2H])c([2H])c([2H])c8[2H])cccc7-c7c([2H])c([2H])c([2H])c([2H])c7[2H])c7ccc(-c8ccc(C(C)(C)C)cc8)cc76)c5)cc43)cc2C([2H])([2H])[2H])c([2H])c1[2H]. The first kappa shape index (κ1) is 27.3. The fourth-order valence-corrected chi connectivity index (χ4v) is 9.00. The second-order valence-electron chi connectivity index (χ2n) is 17.7. The van der Waals surface area contributed by atoms with E-state index in [9.17, 15) is 5.48 Å². The van der Waals surface area contributed by atoms with Crippen molar-refractivity contribution in [2.45, 2.75) is 33.0 Å². The number of benzene rings is 9. The molecule has 336 valence electrons. The lowest BCUT2D eigenvalue weighted by Gasteiger charge is -2.19. The number of imidazole rings is 1. The van der Waals surface area contributed by atoms with Crippen LogP contribution < -0.4 is 9.30 Å². The molecule has 0 N–H and O–H groups in total. The van der Waals surface area contributed by atoms with Gasteiger partial charge in [0.2, 0.25) is 0 Å². The lowest BCUT2D eigenvalue weighted by atomic mass is 9.86. The molecule has 0 fully saturated rings. The van der Waals surface area contributed by atoms with Gasteiger partial charge in [0, 0.05) is 32.7 Å². The van der Waals surface area contributed by atoms with Crippen molar-refractivity contribution in [2.24, 2.45) is 0 Å². The molecule has 3 aromatic heterocycles. The Morgan fingerprint density at radius 2 is 1.17 bits per heavy atom. The Balaban J connectivity index is 1.05. The number of fused-ring (bicyclic) bond motifs is 4. The van der Waals surface area contributed by atoms with Crippen molar-refractivity contribution >= 4 is 32.8 Å². The Kier molecular flexibility index (Phi) is 6.77. The number of hydrogen-bond donors (Lipinski definition) is 0. The first-order chi connectivity index (χ1) is 41.7. The molecular weight excluding hydrogens is 853 g/mol. The van der Waals surface area contributed by atoms with Crippen LogP contribution in [0.25, 0.3) is 94.5 Å². The molecule has 0 aliphatic carbocycles. The smallest absolute Gasteiger partial charge is 0.269 e. The van der Waals surface area contributed by atoms with E-state index in [4.69, 9.17) is 28.9 Å². The van der Waals surface area contributed by atoms with Crippen LogP contribution in [0, 0.1) is 13.2 Å². The standard InChI is InChI=1S/C65H50N4O/c1-44-38-63(66-42-58(44)48-22-12-7-13-23-48)69-59-29-15-14-26-56(59)57-36-35-53(41-61(57)69)70-52-25-16-24-51(40-52)67-43-68(60-37-32-49(39-62(60)67)45-30-33-50(34-31-45)65(2,3)4)64-54(46-18-8-5-9-19-46)27-17-28-55(64)47-20-10-6-11-21-47/h5-42H,1-4H3/i1D3,5D,6D,7D,8D,9D,10D,11D,12D,13D,18D,19D,20D,21D,22D,23D. The van der Waals surface area contributed by atoms with Gasteiger partial charge in [0.05, 0.1) is 54.0 Å². The highest BCUT2D eigenvalue weighted by Gasteiger charge is 2.22. The summed E-state index contributed by atoms with van der Waals surface area (Å²) < 4.78 is 168. The zero-order valence-electron chi connectivity index (χ0n) is 56.0. The average molecular weight is 921 g/mol. The normalized spacial score (nSPS) is 15.5. The zero-order valence-corrected chi connectivity index (χ0v) is 38.0. The molecule has 5 heteroatoms. The molecule has 0 unspecified atom stereocenters. The van der Waals surface area contributed by atoms with E-state index in [0.29, 0.717) is 39.3 Å². The number of para-hydroxylation sites is 2. The Morgan fingerprint density at radius 3 is 1.86 bits per heavy atom. The van der Waals surface area contributed by atoms with Gasteiger partial charge < -0.3 is 4.74 Å². The van der Waals surface area contributed by atoms with Crippen LogP contribution in [0.2, 0.25) is 0 Å². The molecule has 9 aromatic carbocycles. The van der Waals surface area contributed by atoms with Crippen LogP contribution in [0.1, 0.15) is 56.6 Å². The van der Waals surface area contributed by atoms with Crippen molar-refractivity contribution in [3.8, 4) is 73.2 Å². The zero-order chi connectivity index (χ0) is 62.9. The molecular formula is C65H50N4O. The number of hydrogen-bond acceptors (Lipinski definition) is 2. The van der Waals surface area contributed by atoms with Crippen molar-refractivity contribution in [2.75, 3.05) is 0 Å². The van der Waals surface area contributed by atoms with Crippen molar-refractivity contribution in [3.63, 3.8) is 0 Å². The van der Waals surface area contributed by atoms with E-state index < -0.39 is 97.5 Å². The highest BCUT2D eigenvalue weighted by Crippen LogP contribution is 2.38. The predicted octanol–water partition coefficient (Wildman–Crippen LogP) is 16.3. The topological polar surface area (TPSA) is 35.9 Å². The minimum absolute atomic E-state index is 0.0863. The number of ether oxygens (including phenoxy) is 1. The number of pyridine rings is 1. The third-order valence-electron chi connectivity index (χ3n) is 12.4. The number of aromatic nitrogens is 4. The van der Waals surface area contributed by atoms with Gasteiger partial charge in [0.25, 0.3) is 6.33 Å². The maximum atomic E-state index is 9.19. The van der Waals surface area contributed by atoms with Crippen molar-refractivity contribution in [1.29, 1.82) is 0 Å². The van der Waals surface area contributed by atoms with Crippen molar-refractivity contribution < 1.29 is 34.0 Å². The molecule has 0 saturated carbocycles. The Morgan fingerprint density at radius 1 is 0.543 bits per heavy atom. The van der Waals surface area contributed by atoms with Gasteiger partial charge in [-0.05, 0) is 111 Å². The summed E-state index contributed by atoms with van der Waals surface area (Å²) in [6.45, 7) is 3.56. The lowest BCUT2D eigenvalue weighted by molar-refractivity contribution is -0.571. The van der Waals surface area contributed by atoms with Crippen LogP contribution in [0.4, 0.5) is 0 Å². The molecule has 3 heterocycles. The molecule has 0 radical (unpaired) electrons. The highest BCUT2D eigenvalue weighted by atomic mass is 16.5. The van der Waals surface area contributed by atoms with Crippen molar-refractivity contribution in [3.05, 3.63) is 248 Å². The van der Waals surface area contributed by atoms with Crippen LogP contribution in [-0.2, 0) is 5.41 Å². The largest absolute Gasteiger partial charge is 0.458 e. The van der Waals surface area contributed by atoms with Gasteiger partial charge >= 0.3 is 0 Å². The van der Waals surface area contributed by atoms with E-state index >= 15 is 0 Å². The molecule has 0 aliphatic heterocycles. The van der Waals surface area contributed by atoms with E-state index in [1.54, 1.807) is 62.2 Å². The maximum absolute atomic E-state index is 9.19. The molecule has 12 rings (SSSR count). The second kappa shape index (κ2) is 17.4. The van der Waals surface area contributed by atoms with Crippen LogP contribution in [0.5, 0.6) is 11.5 Å². The summed E-state index contributed by atoms with van der Waals surface area (Å²) in [6, 6.07) is 31.2. The molecule has 0 amide bonds. The summed E-state index contributed by atoms with van der Waals surface area (Å²) in [6.07, 6.45) is 4.70. The first-order valence-corrected chi connectivity index (χ1v) is 22.5. The van der Waals surface area contributed by atoms with Crippen LogP contribution in [-0.4, -0.2) is 14.1 Å². The van der Waals surface area contributed by atoms with Gasteiger partial charge in [-0.2, -0.15) is 0 Å². The van der Waals surface area contributed by atoms with E-state index in [0.717, 1.165) is 27.5 Å². The van der Waals surface area contributed by atoms with Gasteiger partial charge in [-0.25, -0.2) is 4.98 Å². The molecule has 0 bridgehead atoms. The highest BCUT2D eigenvalue weighted by molar-refractivity contribution is 6.09. The molecule has 0 atom stereocenters. The van der Waals surface area contributed by atoms with E-state index in [1.165, 1.54) is 12.3 Å². The fraction of sp³-hybridized carbons (Fsp3) is 0.0769. The van der Waals surface area contributed by atoms with Gasteiger partial charge in [-0.15, -0.1) is 0 Å². The van der Waals surface area contributed by atoms with Gasteiger partial charge in [0.15, 0.2) is 0 Å². The first-order valence-electron chi connectivity index (χ1n) is 31.5. The average Bonchev–Trinajstić information content (AvgIpc) is 1.92. The number of nitrogens with zero attached hydrogens (tertiary/aromatic N) is 4. The van der Waals surface area contributed by atoms with Crippen LogP contribution in [0.3, 0.4) is 0 Å². The Hall–Kier alpha value is -8.80. The van der Waals surface area contributed by atoms with Crippen LogP contribution in [0.15, 0.2) is 230 Å². The molecule has 0 saturated heterocycles. The summed E-state index contributed by atoms with van der Waals surface area (Å²) in [5, 5.41) is 1.56. The lowest BCUT2D eigenvalue weighted by Crippen LogP contribution is -2.31. The third-order valence-corrected chi connectivity index (χ3v) is 12.4. The minimum atomic E-state index is -2.82. The number of rotatable bonds is 9. The molecule has 12 aromatic rings. The summed E-state index contributed by atoms with van der Waals surface area (Å²) >= 11 is 0. The molecule has 0 spiro atoms. The maximum Gasteiger partial charge on any atom is 0.269 e. The van der Waals surface area contributed by atoms with Crippen LogP contribution >= 0.6 is 0 Å². The fourth-order valence-electron chi connectivity index (χ4n) is 9.00. The molecule has 0 aliphatic rings. The predicted molar refractivity (Wildman–Crippen MR) is 287 cm³/mol. The summed E-state index contributed by atoms with van der Waals surface area (Å²) in [7, 11) is 0. The second-order valence-corrected chi connectivity index (χ2v) is 17.7. The Labute approximate surface area is 434 Å². The van der Waals surface area contributed by atoms with E-state index in [2.05, 4.69) is 39.2 Å². The monoisotopic (exact) mass is 921 g/mol. The van der Waals surface area contributed by atoms with E-state index in [1.807, 2.05) is 66.7 Å². The number of aryl methyl sites for hydroxylation is 1. The quantitative estimate of drug-likeness (QED) is 0.107. The summed E-state index contributed by atoms with van der Waals surface area (Å²) in [4.78, 5) is 4.71. The third kappa shape index (κ3) is 7.72. The van der Waals surface area contributed by atoms with Crippen molar-refractivity contribution in [1.82, 2.24) is 14.1 Å². The van der Waals surface area contributed by atoms with Gasteiger partial charge in [0.1, 0.15) is 17.3 Å². The van der Waals surface area contributed by atoms with E-state index in [-0.39, 0.29) is 55.9 Å². The van der Waals surface area contributed by atoms with Gasteiger partial charge in [-0.3, -0.25) is 13.7 Å². The summed E-state index contributed by atoms with van der Waals surface area (Å²) in [5.41, 5.74) is 4.59.